The first kappa shape index (κ1) is 18.3. The summed E-state index contributed by atoms with van der Waals surface area (Å²) in [6.07, 6.45) is 3.83. The highest BCUT2D eigenvalue weighted by Crippen LogP contribution is 2.64. The molecule has 3 heteroatoms. The second kappa shape index (κ2) is 6.59. The molecule has 4 aromatic carbocycles. The zero-order chi connectivity index (χ0) is 21.4. The lowest BCUT2D eigenvalue weighted by atomic mass is 9.67. The van der Waals surface area contributed by atoms with E-state index in [9.17, 15) is 9.90 Å². The number of carbonyl (C=O) groups is 1. The highest BCUT2D eigenvalue weighted by atomic mass is 16.4. The van der Waals surface area contributed by atoms with E-state index in [-0.39, 0.29) is 6.04 Å². The maximum absolute atomic E-state index is 11.7. The third kappa shape index (κ3) is 2.45. The molecule has 0 aromatic heterocycles. The predicted molar refractivity (Wildman–Crippen MR) is 128 cm³/mol. The van der Waals surface area contributed by atoms with Gasteiger partial charge in [0.15, 0.2) is 0 Å². The van der Waals surface area contributed by atoms with Gasteiger partial charge in [-0.3, -0.25) is 0 Å². The number of aromatic carboxylic acids is 1. The van der Waals surface area contributed by atoms with E-state index in [0.29, 0.717) is 29.2 Å². The average Bonchev–Trinajstić information content (AvgIpc) is 3.44. The van der Waals surface area contributed by atoms with Gasteiger partial charge in [0.1, 0.15) is 0 Å². The van der Waals surface area contributed by atoms with Crippen LogP contribution in [-0.4, -0.2) is 11.1 Å². The first-order valence-electron chi connectivity index (χ1n) is 11.7. The van der Waals surface area contributed by atoms with E-state index in [1.165, 1.54) is 51.9 Å². The molecule has 2 bridgehead atoms. The first-order chi connectivity index (χ1) is 15.7. The molecule has 1 heterocycles. The van der Waals surface area contributed by atoms with Crippen LogP contribution in [-0.2, 0) is 0 Å². The second-order valence-corrected chi connectivity index (χ2v) is 9.90. The number of rotatable bonds is 2. The van der Waals surface area contributed by atoms with Crippen molar-refractivity contribution in [3.8, 4) is 0 Å². The zero-order valence-electron chi connectivity index (χ0n) is 17.8. The van der Waals surface area contributed by atoms with Crippen molar-refractivity contribution in [1.29, 1.82) is 0 Å². The molecule has 7 rings (SSSR count). The van der Waals surface area contributed by atoms with E-state index in [1.54, 1.807) is 6.07 Å². The van der Waals surface area contributed by atoms with Gasteiger partial charge in [-0.2, -0.15) is 0 Å². The predicted octanol–water partition coefficient (Wildman–Crippen LogP) is 6.99. The van der Waals surface area contributed by atoms with Crippen molar-refractivity contribution in [2.24, 2.45) is 17.8 Å². The van der Waals surface area contributed by atoms with Gasteiger partial charge in [0.25, 0.3) is 0 Å². The summed E-state index contributed by atoms with van der Waals surface area (Å²) in [5.74, 6) is 1.46. The van der Waals surface area contributed by atoms with Crippen LogP contribution in [0, 0.1) is 17.8 Å². The van der Waals surface area contributed by atoms with Crippen LogP contribution >= 0.6 is 0 Å². The molecule has 3 aliphatic rings. The largest absolute Gasteiger partial charge is 0.478 e. The Kier molecular flexibility index (Phi) is 3.76. The number of nitrogens with one attached hydrogen (secondary N) is 1. The zero-order valence-corrected chi connectivity index (χ0v) is 17.8. The Morgan fingerprint density at radius 1 is 0.844 bits per heavy atom. The molecule has 0 amide bonds. The van der Waals surface area contributed by atoms with Gasteiger partial charge in [-0.05, 0) is 99.9 Å². The summed E-state index contributed by atoms with van der Waals surface area (Å²) in [6, 6.07) is 25.8. The summed E-state index contributed by atoms with van der Waals surface area (Å²) in [6.45, 7) is 0. The molecule has 4 aromatic rings. The average molecular weight is 420 g/mol. The van der Waals surface area contributed by atoms with Gasteiger partial charge in [-0.25, -0.2) is 4.79 Å². The van der Waals surface area contributed by atoms with E-state index >= 15 is 0 Å². The molecule has 2 fully saturated rings. The lowest BCUT2D eigenvalue weighted by Gasteiger charge is -2.44. The fourth-order valence-electron chi connectivity index (χ4n) is 7.29. The summed E-state index contributed by atoms with van der Waals surface area (Å²) < 4.78 is 0. The Bertz CT molecular complexity index is 1350. The third-order valence-electron chi connectivity index (χ3n) is 8.46. The monoisotopic (exact) mass is 419 g/mol. The van der Waals surface area contributed by atoms with Crippen LogP contribution in [0.1, 0.15) is 52.7 Å². The van der Waals surface area contributed by atoms with Crippen molar-refractivity contribution in [1.82, 2.24) is 0 Å². The molecule has 158 valence electrons. The Morgan fingerprint density at radius 2 is 1.53 bits per heavy atom. The van der Waals surface area contributed by atoms with Gasteiger partial charge < -0.3 is 10.4 Å². The maximum atomic E-state index is 11.7. The normalized spacial score (nSPS) is 27.8. The van der Waals surface area contributed by atoms with Crippen molar-refractivity contribution >= 4 is 33.2 Å². The molecule has 0 unspecified atom stereocenters. The molecule has 1 aliphatic heterocycles. The fourth-order valence-corrected chi connectivity index (χ4v) is 7.29. The molecule has 2 aliphatic carbocycles. The molecular formula is C29H25NO2. The first-order valence-corrected chi connectivity index (χ1v) is 11.7. The van der Waals surface area contributed by atoms with Crippen LogP contribution in [0.5, 0.6) is 0 Å². The van der Waals surface area contributed by atoms with Gasteiger partial charge in [-0.15, -0.1) is 0 Å². The number of benzene rings is 4. The Labute approximate surface area is 187 Å². The fraction of sp³-hybridized carbons (Fsp3) is 0.276. The van der Waals surface area contributed by atoms with Gasteiger partial charge >= 0.3 is 5.97 Å². The standard InChI is InChI=1S/C29H25NO2/c31-29(32)20-11-12-24-23(15-20)25-18-9-10-19(14-18)26(25)28(30-24)27-21-7-3-1-5-16(21)13-17-6-2-4-8-22(17)27/h1-8,11-13,15,18-19,25-26,28,30H,9-10,14H2,(H,31,32)/t18-,19-,25-,26+,28+/m0/s1. The van der Waals surface area contributed by atoms with Crippen LogP contribution < -0.4 is 5.32 Å². The van der Waals surface area contributed by atoms with Crippen LogP contribution in [0.3, 0.4) is 0 Å². The van der Waals surface area contributed by atoms with Crippen LogP contribution in [0.4, 0.5) is 5.69 Å². The van der Waals surface area contributed by atoms with Crippen molar-refractivity contribution in [3.05, 3.63) is 89.5 Å². The number of carboxylic acids is 1. The smallest absolute Gasteiger partial charge is 0.335 e. The summed E-state index contributed by atoms with van der Waals surface area (Å²) in [7, 11) is 0. The van der Waals surface area contributed by atoms with Crippen LogP contribution in [0.15, 0.2) is 72.8 Å². The Balaban J connectivity index is 1.50. The van der Waals surface area contributed by atoms with Gasteiger partial charge in [-0.1, -0.05) is 48.5 Å². The van der Waals surface area contributed by atoms with Crippen molar-refractivity contribution < 1.29 is 9.90 Å². The van der Waals surface area contributed by atoms with E-state index in [4.69, 9.17) is 0 Å². The summed E-state index contributed by atoms with van der Waals surface area (Å²) in [4.78, 5) is 11.7. The summed E-state index contributed by atoms with van der Waals surface area (Å²) >= 11 is 0. The van der Waals surface area contributed by atoms with Crippen LogP contribution in [0.2, 0.25) is 0 Å². The Hall–Kier alpha value is -3.33. The van der Waals surface area contributed by atoms with Crippen molar-refractivity contribution in [2.75, 3.05) is 5.32 Å². The highest BCUT2D eigenvalue weighted by molar-refractivity contribution is 6.03. The maximum Gasteiger partial charge on any atom is 0.335 e. The molecule has 5 atom stereocenters. The quantitative estimate of drug-likeness (QED) is 0.344. The van der Waals surface area contributed by atoms with E-state index in [1.807, 2.05) is 12.1 Å². The van der Waals surface area contributed by atoms with Gasteiger partial charge in [0.05, 0.1) is 11.6 Å². The number of carboxylic acid groups (broad SMARTS) is 1. The van der Waals surface area contributed by atoms with E-state index in [0.717, 1.165) is 5.69 Å². The molecular weight excluding hydrogens is 394 g/mol. The van der Waals surface area contributed by atoms with E-state index in [2.05, 4.69) is 59.9 Å². The SMILES string of the molecule is O=C(O)c1ccc2c(c1)[C@@H]1[C@H]3CC[C@@H](C3)[C@H]1[C@H](c1c3ccccc3cc3ccccc13)N2. The van der Waals surface area contributed by atoms with Gasteiger partial charge in [0, 0.05) is 5.69 Å². The molecule has 32 heavy (non-hydrogen) atoms. The second-order valence-electron chi connectivity index (χ2n) is 9.90. The Morgan fingerprint density at radius 3 is 2.25 bits per heavy atom. The molecule has 2 saturated carbocycles. The minimum Gasteiger partial charge on any atom is -0.478 e. The number of hydrogen-bond donors (Lipinski definition) is 2. The minimum absolute atomic E-state index is 0.231. The van der Waals surface area contributed by atoms with Crippen LogP contribution in [0.25, 0.3) is 21.5 Å². The summed E-state index contributed by atoms with van der Waals surface area (Å²) in [5, 5.41) is 18.8. The number of hydrogen-bond acceptors (Lipinski definition) is 2. The molecule has 3 nitrogen and oxygen atoms in total. The van der Waals surface area contributed by atoms with Gasteiger partial charge in [0.2, 0.25) is 0 Å². The van der Waals surface area contributed by atoms with Crippen molar-refractivity contribution in [3.63, 3.8) is 0 Å². The number of fused-ring (bicyclic) bond motifs is 9. The lowest BCUT2D eigenvalue weighted by Crippen LogP contribution is -2.35. The molecule has 0 saturated heterocycles. The molecule has 0 radical (unpaired) electrons. The third-order valence-corrected chi connectivity index (χ3v) is 8.46. The minimum atomic E-state index is -0.838. The molecule has 0 spiro atoms. The summed E-state index contributed by atoms with van der Waals surface area (Å²) in [5.41, 5.74) is 4.16. The molecule has 2 N–H and O–H groups in total. The highest BCUT2D eigenvalue weighted by Gasteiger charge is 2.54. The lowest BCUT2D eigenvalue weighted by molar-refractivity contribution is 0.0696. The number of anilines is 1. The van der Waals surface area contributed by atoms with Crippen molar-refractivity contribution in [2.45, 2.75) is 31.2 Å². The van der Waals surface area contributed by atoms with E-state index < -0.39 is 5.97 Å². The topological polar surface area (TPSA) is 49.3 Å².